The Bertz CT molecular complexity index is 1280. The molecule has 0 aliphatic carbocycles. The lowest BCUT2D eigenvalue weighted by atomic mass is 10.1. The van der Waals surface area contributed by atoms with Crippen molar-refractivity contribution in [1.29, 1.82) is 0 Å². The molecule has 3 aromatic rings. The maximum Gasteiger partial charge on any atom is 0.261 e. The van der Waals surface area contributed by atoms with Crippen molar-refractivity contribution in [3.8, 4) is 11.5 Å². The van der Waals surface area contributed by atoms with E-state index in [1.54, 1.807) is 6.92 Å². The number of aromatic nitrogens is 2. The Hall–Kier alpha value is -2.64. The number of nitrogens with one attached hydrogen (secondary N) is 1. The third kappa shape index (κ3) is 4.32. The van der Waals surface area contributed by atoms with Crippen LogP contribution in [0.4, 0.5) is 5.00 Å². The van der Waals surface area contributed by atoms with Crippen molar-refractivity contribution in [2.75, 3.05) is 38.2 Å². The third-order valence-corrected chi connectivity index (χ3v) is 8.55. The number of aryl methyl sites for hydroxylation is 1. The number of carbonyl (C=O) groups is 1. The smallest absolute Gasteiger partial charge is 0.261 e. The van der Waals surface area contributed by atoms with Crippen molar-refractivity contribution in [3.05, 3.63) is 46.1 Å². The fraction of sp³-hybridized carbons (Fsp3) is 0.381. The van der Waals surface area contributed by atoms with E-state index < -0.39 is 10.0 Å². The minimum atomic E-state index is -3.62. The van der Waals surface area contributed by atoms with Gasteiger partial charge in [0.2, 0.25) is 10.0 Å². The number of morpholine rings is 1. The largest absolute Gasteiger partial charge is 0.379 e. The zero-order valence-corrected chi connectivity index (χ0v) is 19.5. The van der Waals surface area contributed by atoms with Crippen LogP contribution in [-0.2, 0) is 32.5 Å². The van der Waals surface area contributed by atoms with Gasteiger partial charge in [-0.05, 0) is 43.2 Å². The predicted molar refractivity (Wildman–Crippen MR) is 120 cm³/mol. The van der Waals surface area contributed by atoms with Crippen LogP contribution in [0.15, 0.2) is 33.7 Å². The molecule has 2 aliphatic heterocycles. The highest BCUT2D eigenvalue weighted by Gasteiger charge is 2.28. The molecule has 10 nitrogen and oxygen atoms in total. The van der Waals surface area contributed by atoms with Gasteiger partial charge in [0.05, 0.1) is 36.9 Å². The van der Waals surface area contributed by atoms with E-state index >= 15 is 0 Å². The summed E-state index contributed by atoms with van der Waals surface area (Å²) in [6.07, 6.45) is 0.687. The number of hydrogen-bond acceptors (Lipinski definition) is 9. The molecule has 0 unspecified atom stereocenters. The van der Waals surface area contributed by atoms with Gasteiger partial charge >= 0.3 is 0 Å². The molecule has 1 aromatic carbocycles. The summed E-state index contributed by atoms with van der Waals surface area (Å²) in [5.41, 5.74) is 2.10. The molecule has 0 atom stereocenters. The number of rotatable bonds is 5. The van der Waals surface area contributed by atoms with Crippen LogP contribution in [-0.4, -0.2) is 61.7 Å². The van der Waals surface area contributed by atoms with Gasteiger partial charge in [-0.2, -0.15) is 9.29 Å². The summed E-state index contributed by atoms with van der Waals surface area (Å²) in [6.45, 7) is 4.15. The van der Waals surface area contributed by atoms with E-state index in [1.165, 1.54) is 39.9 Å². The number of nitrogens with zero attached hydrogens (tertiary/aromatic N) is 3. The number of amides is 1. The van der Waals surface area contributed by atoms with E-state index in [1.807, 2.05) is 0 Å². The number of sulfonamides is 1. The number of thiophene rings is 1. The Morgan fingerprint density at radius 2 is 1.88 bits per heavy atom. The molecule has 5 rings (SSSR count). The molecule has 12 heteroatoms. The summed E-state index contributed by atoms with van der Waals surface area (Å²) >= 11 is 1.42. The van der Waals surface area contributed by atoms with E-state index in [4.69, 9.17) is 14.0 Å². The molecular weight excluding hydrogens is 468 g/mol. The van der Waals surface area contributed by atoms with Crippen LogP contribution in [0, 0.1) is 6.92 Å². The lowest BCUT2D eigenvalue weighted by Gasteiger charge is -2.26. The zero-order valence-electron chi connectivity index (χ0n) is 17.9. The second-order valence-corrected chi connectivity index (χ2v) is 10.7. The average Bonchev–Trinajstić information content (AvgIpc) is 3.42. The Balaban J connectivity index is 1.40. The van der Waals surface area contributed by atoms with Gasteiger partial charge in [0.15, 0.2) is 5.82 Å². The van der Waals surface area contributed by atoms with Gasteiger partial charge in [-0.1, -0.05) is 5.16 Å². The van der Waals surface area contributed by atoms with Crippen LogP contribution in [0.2, 0.25) is 0 Å². The second-order valence-electron chi connectivity index (χ2n) is 7.65. The molecule has 1 fully saturated rings. The highest BCUT2D eigenvalue weighted by Crippen LogP contribution is 2.42. The average molecular weight is 491 g/mol. The Morgan fingerprint density at radius 1 is 1.12 bits per heavy atom. The summed E-state index contributed by atoms with van der Waals surface area (Å²) in [4.78, 5) is 18.5. The summed E-state index contributed by atoms with van der Waals surface area (Å²) in [7, 11) is -3.62. The summed E-state index contributed by atoms with van der Waals surface area (Å²) in [5.74, 6) is 0.503. The van der Waals surface area contributed by atoms with Crippen molar-refractivity contribution in [1.82, 2.24) is 14.4 Å². The second kappa shape index (κ2) is 8.95. The molecule has 2 aliphatic rings. The van der Waals surface area contributed by atoms with Crippen LogP contribution >= 0.6 is 11.3 Å². The summed E-state index contributed by atoms with van der Waals surface area (Å²) < 4.78 is 43.2. The highest BCUT2D eigenvalue weighted by atomic mass is 32.2. The minimum Gasteiger partial charge on any atom is -0.379 e. The first-order valence-corrected chi connectivity index (χ1v) is 12.7. The standard InChI is InChI=1S/C21H22N4O6S2/c1-13-22-20(31-24-13)18-16-6-9-30-12-17(16)32-21(18)23-19(26)14-2-4-15(5-3-14)33(27,28)25-7-10-29-11-8-25/h2-5H,6-12H2,1H3,(H,23,26). The van der Waals surface area contributed by atoms with Crippen molar-refractivity contribution in [2.45, 2.75) is 24.8 Å². The number of benzene rings is 1. The SMILES string of the molecule is Cc1noc(-c2c(NC(=O)c3ccc(S(=O)(=O)N4CCOCC4)cc3)sc3c2CCOC3)n1. The van der Waals surface area contributed by atoms with E-state index in [2.05, 4.69) is 15.5 Å². The first-order valence-electron chi connectivity index (χ1n) is 10.5. The van der Waals surface area contributed by atoms with Crippen LogP contribution in [0.3, 0.4) is 0 Å². The molecule has 33 heavy (non-hydrogen) atoms. The Morgan fingerprint density at radius 3 is 2.58 bits per heavy atom. The monoisotopic (exact) mass is 490 g/mol. The van der Waals surface area contributed by atoms with Crippen molar-refractivity contribution in [2.24, 2.45) is 0 Å². The number of anilines is 1. The van der Waals surface area contributed by atoms with Gasteiger partial charge in [0.1, 0.15) is 5.00 Å². The molecule has 0 saturated carbocycles. The van der Waals surface area contributed by atoms with E-state index in [-0.39, 0.29) is 10.8 Å². The lowest BCUT2D eigenvalue weighted by molar-refractivity contribution is 0.0730. The molecule has 0 spiro atoms. The number of carbonyl (C=O) groups excluding carboxylic acids is 1. The molecular formula is C21H22N4O6S2. The van der Waals surface area contributed by atoms with Gasteiger partial charge in [0, 0.05) is 23.5 Å². The lowest BCUT2D eigenvalue weighted by Crippen LogP contribution is -2.40. The topological polar surface area (TPSA) is 124 Å². The van der Waals surface area contributed by atoms with Gasteiger partial charge in [0.25, 0.3) is 11.8 Å². The first-order chi connectivity index (χ1) is 15.9. The highest BCUT2D eigenvalue weighted by molar-refractivity contribution is 7.89. The fourth-order valence-electron chi connectivity index (χ4n) is 3.83. The molecule has 2 aromatic heterocycles. The van der Waals surface area contributed by atoms with Crippen LogP contribution in [0.5, 0.6) is 0 Å². The van der Waals surface area contributed by atoms with Crippen molar-refractivity contribution < 1.29 is 27.2 Å². The van der Waals surface area contributed by atoms with Crippen LogP contribution < -0.4 is 5.32 Å². The van der Waals surface area contributed by atoms with Gasteiger partial charge < -0.3 is 19.3 Å². The number of fused-ring (bicyclic) bond motifs is 1. The normalized spacial score (nSPS) is 17.0. The molecule has 1 amide bonds. The van der Waals surface area contributed by atoms with E-state index in [0.29, 0.717) is 68.2 Å². The summed E-state index contributed by atoms with van der Waals surface area (Å²) in [6, 6.07) is 5.93. The molecule has 174 valence electrons. The summed E-state index contributed by atoms with van der Waals surface area (Å²) in [5, 5.41) is 7.41. The maximum atomic E-state index is 13.0. The third-order valence-electron chi connectivity index (χ3n) is 5.51. The van der Waals surface area contributed by atoms with Crippen LogP contribution in [0.1, 0.15) is 26.6 Å². The van der Waals surface area contributed by atoms with Gasteiger partial charge in [-0.3, -0.25) is 4.79 Å². The Labute approximate surface area is 194 Å². The first kappa shape index (κ1) is 22.2. The maximum absolute atomic E-state index is 13.0. The minimum absolute atomic E-state index is 0.145. The zero-order chi connectivity index (χ0) is 23.0. The molecule has 0 bridgehead atoms. The number of ether oxygens (including phenoxy) is 2. The molecule has 1 N–H and O–H groups in total. The van der Waals surface area contributed by atoms with E-state index in [9.17, 15) is 13.2 Å². The van der Waals surface area contributed by atoms with Gasteiger partial charge in [-0.25, -0.2) is 8.42 Å². The molecule has 4 heterocycles. The van der Waals surface area contributed by atoms with Crippen molar-refractivity contribution in [3.63, 3.8) is 0 Å². The van der Waals surface area contributed by atoms with Crippen LogP contribution in [0.25, 0.3) is 11.5 Å². The predicted octanol–water partition coefficient (Wildman–Crippen LogP) is 2.45. The quantitative estimate of drug-likeness (QED) is 0.578. The Kier molecular flexibility index (Phi) is 6.01. The van der Waals surface area contributed by atoms with Crippen molar-refractivity contribution >= 4 is 32.3 Å². The number of hydrogen-bond donors (Lipinski definition) is 1. The molecule has 0 radical (unpaired) electrons. The van der Waals surface area contributed by atoms with Gasteiger partial charge in [-0.15, -0.1) is 11.3 Å². The fourth-order valence-corrected chi connectivity index (χ4v) is 6.42. The van der Waals surface area contributed by atoms with E-state index in [0.717, 1.165) is 16.0 Å². The molecule has 1 saturated heterocycles.